The van der Waals surface area contributed by atoms with Gasteiger partial charge in [-0.15, -0.1) is 0 Å². The van der Waals surface area contributed by atoms with E-state index in [4.69, 9.17) is 19.4 Å². The largest absolute Gasteiger partial charge is 0.508 e. The Kier molecular flexibility index (Phi) is 8.23. The molecule has 4 heterocycles. The zero-order chi connectivity index (χ0) is 26.5. The number of aromatic nitrogens is 2. The number of amides is 1. The molecule has 0 bridgehead atoms. The molecule has 0 spiro atoms. The highest BCUT2D eigenvalue weighted by Gasteiger charge is 2.29. The predicted octanol–water partition coefficient (Wildman–Crippen LogP) is 1.82. The number of phenolic OH excluding ortho intramolecular Hbond substituents is 1. The molecule has 0 radical (unpaired) electrons. The SMILES string of the molecule is C=CC(=O)N1CCN(c2nc(OCCCN3CCOCC3)nc3c2CCN(c2cc(O)ccc2F)C3)CC1. The minimum absolute atomic E-state index is 0.0202. The number of fused-ring (bicyclic) bond motifs is 1. The number of carbonyl (C=O) groups is 1. The second kappa shape index (κ2) is 12.0. The Morgan fingerprint density at radius 1 is 1.11 bits per heavy atom. The van der Waals surface area contributed by atoms with Crippen LogP contribution in [0.3, 0.4) is 0 Å². The lowest BCUT2D eigenvalue weighted by Crippen LogP contribution is -2.49. The summed E-state index contributed by atoms with van der Waals surface area (Å²) in [7, 11) is 0. The first-order valence-corrected chi connectivity index (χ1v) is 13.2. The summed E-state index contributed by atoms with van der Waals surface area (Å²) in [6.45, 7) is 11.8. The number of hydrogen-bond acceptors (Lipinski definition) is 9. The minimum Gasteiger partial charge on any atom is -0.508 e. The van der Waals surface area contributed by atoms with Crippen LogP contribution in [-0.4, -0.2) is 103 Å². The normalized spacial score (nSPS) is 18.3. The number of phenols is 1. The van der Waals surface area contributed by atoms with Crippen molar-refractivity contribution in [3.8, 4) is 11.8 Å². The van der Waals surface area contributed by atoms with E-state index in [-0.39, 0.29) is 17.5 Å². The van der Waals surface area contributed by atoms with E-state index in [0.29, 0.717) is 64.0 Å². The number of morpholine rings is 1. The van der Waals surface area contributed by atoms with Crippen LogP contribution in [0.25, 0.3) is 0 Å². The quantitative estimate of drug-likeness (QED) is 0.408. The van der Waals surface area contributed by atoms with Crippen molar-refractivity contribution in [1.29, 1.82) is 0 Å². The number of nitrogens with zero attached hydrogens (tertiary/aromatic N) is 6. The van der Waals surface area contributed by atoms with E-state index in [1.165, 1.54) is 24.3 Å². The Hall–Kier alpha value is -3.44. The summed E-state index contributed by atoms with van der Waals surface area (Å²) >= 11 is 0. The topological polar surface area (TPSA) is 94.5 Å². The average Bonchev–Trinajstić information content (AvgIpc) is 2.96. The van der Waals surface area contributed by atoms with Gasteiger partial charge in [-0.2, -0.15) is 9.97 Å². The number of benzene rings is 1. The molecule has 0 unspecified atom stereocenters. The van der Waals surface area contributed by atoms with Crippen LogP contribution < -0.4 is 14.5 Å². The predicted molar refractivity (Wildman–Crippen MR) is 141 cm³/mol. The summed E-state index contributed by atoms with van der Waals surface area (Å²) in [5, 5.41) is 9.92. The first-order chi connectivity index (χ1) is 18.5. The number of anilines is 2. The fraction of sp³-hybridized carbons (Fsp3) is 0.519. The molecule has 2 fully saturated rings. The maximum absolute atomic E-state index is 14.6. The summed E-state index contributed by atoms with van der Waals surface area (Å²) in [6.07, 6.45) is 2.82. The Morgan fingerprint density at radius 2 is 1.89 bits per heavy atom. The number of piperazine rings is 1. The third kappa shape index (κ3) is 5.99. The maximum Gasteiger partial charge on any atom is 0.318 e. The van der Waals surface area contributed by atoms with Crippen molar-refractivity contribution in [3.05, 3.63) is 47.9 Å². The van der Waals surface area contributed by atoms with E-state index in [2.05, 4.69) is 16.4 Å². The Morgan fingerprint density at radius 3 is 2.66 bits per heavy atom. The zero-order valence-electron chi connectivity index (χ0n) is 21.6. The van der Waals surface area contributed by atoms with E-state index in [1.807, 2.05) is 4.90 Å². The highest BCUT2D eigenvalue weighted by molar-refractivity contribution is 5.87. The monoisotopic (exact) mass is 526 g/mol. The van der Waals surface area contributed by atoms with Gasteiger partial charge < -0.3 is 29.3 Å². The number of hydrogen-bond donors (Lipinski definition) is 1. The Balaban J connectivity index is 1.34. The van der Waals surface area contributed by atoms with Gasteiger partial charge in [-0.25, -0.2) is 4.39 Å². The Bertz CT molecular complexity index is 1150. The molecular weight excluding hydrogens is 491 g/mol. The fourth-order valence-electron chi connectivity index (χ4n) is 5.21. The van der Waals surface area contributed by atoms with Crippen molar-refractivity contribution >= 4 is 17.4 Å². The molecule has 0 atom stereocenters. The van der Waals surface area contributed by atoms with Crippen molar-refractivity contribution < 1.29 is 23.8 Å². The first kappa shape index (κ1) is 26.2. The number of rotatable bonds is 8. The van der Waals surface area contributed by atoms with Gasteiger partial charge in [0.2, 0.25) is 5.91 Å². The van der Waals surface area contributed by atoms with Crippen LogP contribution in [0.2, 0.25) is 0 Å². The number of carbonyl (C=O) groups excluding carboxylic acids is 1. The number of aromatic hydroxyl groups is 1. The van der Waals surface area contributed by atoms with Crippen molar-refractivity contribution in [3.63, 3.8) is 0 Å². The highest BCUT2D eigenvalue weighted by atomic mass is 19.1. The third-order valence-electron chi connectivity index (χ3n) is 7.31. The molecule has 0 aliphatic carbocycles. The standard InChI is InChI=1S/C27H35FN6O4/c1-2-25(36)32-9-11-33(12-10-32)26-21-6-8-34(24-18-20(35)4-5-22(24)28)19-23(21)29-27(30-26)38-15-3-7-31-13-16-37-17-14-31/h2,4-5,18,35H,1,3,6-17,19H2. The molecule has 0 saturated carbocycles. The van der Waals surface area contributed by atoms with Crippen molar-refractivity contribution in [2.75, 3.05) is 82.0 Å². The molecule has 1 aromatic heterocycles. The van der Waals surface area contributed by atoms with Gasteiger partial charge in [-0.3, -0.25) is 9.69 Å². The van der Waals surface area contributed by atoms with E-state index in [1.54, 1.807) is 4.90 Å². The molecule has 2 aromatic rings. The van der Waals surface area contributed by atoms with Crippen LogP contribution in [0.1, 0.15) is 17.7 Å². The van der Waals surface area contributed by atoms with Gasteiger partial charge >= 0.3 is 6.01 Å². The second-order valence-corrected chi connectivity index (χ2v) is 9.73. The van der Waals surface area contributed by atoms with Crippen molar-refractivity contribution in [2.45, 2.75) is 19.4 Å². The molecule has 5 rings (SSSR count). The lowest BCUT2D eigenvalue weighted by molar-refractivity contribution is -0.126. The number of ether oxygens (including phenoxy) is 2. The van der Waals surface area contributed by atoms with E-state index >= 15 is 0 Å². The van der Waals surface area contributed by atoms with Crippen LogP contribution in [-0.2, 0) is 22.5 Å². The molecule has 1 N–H and O–H groups in total. The molecule has 11 heteroatoms. The van der Waals surface area contributed by atoms with Gasteiger partial charge in [0, 0.05) is 64.0 Å². The van der Waals surface area contributed by atoms with Gasteiger partial charge in [0.25, 0.3) is 0 Å². The summed E-state index contributed by atoms with van der Waals surface area (Å²) in [5.41, 5.74) is 2.16. The van der Waals surface area contributed by atoms with Gasteiger partial charge in [-0.1, -0.05) is 6.58 Å². The van der Waals surface area contributed by atoms with E-state index in [0.717, 1.165) is 56.3 Å². The second-order valence-electron chi connectivity index (χ2n) is 9.73. The van der Waals surface area contributed by atoms with Gasteiger partial charge in [0.1, 0.15) is 17.4 Å². The van der Waals surface area contributed by atoms with Crippen LogP contribution in [0.5, 0.6) is 11.8 Å². The van der Waals surface area contributed by atoms with Crippen LogP contribution in [0, 0.1) is 5.82 Å². The minimum atomic E-state index is -0.386. The van der Waals surface area contributed by atoms with Gasteiger partial charge in [0.15, 0.2) is 0 Å². The van der Waals surface area contributed by atoms with Crippen LogP contribution in [0.15, 0.2) is 30.9 Å². The third-order valence-corrected chi connectivity index (χ3v) is 7.31. The molecule has 1 amide bonds. The molecule has 10 nitrogen and oxygen atoms in total. The summed E-state index contributed by atoms with van der Waals surface area (Å²) in [6, 6.07) is 4.37. The molecule has 2 saturated heterocycles. The fourth-order valence-corrected chi connectivity index (χ4v) is 5.21. The van der Waals surface area contributed by atoms with E-state index in [9.17, 15) is 14.3 Å². The average molecular weight is 527 g/mol. The first-order valence-electron chi connectivity index (χ1n) is 13.2. The molecule has 1 aromatic carbocycles. The zero-order valence-corrected chi connectivity index (χ0v) is 21.6. The highest BCUT2D eigenvalue weighted by Crippen LogP contribution is 2.33. The Labute approximate surface area is 222 Å². The van der Waals surface area contributed by atoms with Crippen LogP contribution in [0.4, 0.5) is 15.9 Å². The molecule has 204 valence electrons. The molecule has 38 heavy (non-hydrogen) atoms. The van der Waals surface area contributed by atoms with Gasteiger partial charge in [0.05, 0.1) is 37.7 Å². The maximum atomic E-state index is 14.6. The van der Waals surface area contributed by atoms with Gasteiger partial charge in [-0.05, 0) is 31.1 Å². The summed E-state index contributed by atoms with van der Waals surface area (Å²) < 4.78 is 26.1. The smallest absolute Gasteiger partial charge is 0.318 e. The molecular formula is C27H35FN6O4. The van der Waals surface area contributed by atoms with Crippen LogP contribution >= 0.6 is 0 Å². The van der Waals surface area contributed by atoms with Crippen molar-refractivity contribution in [1.82, 2.24) is 19.8 Å². The summed E-state index contributed by atoms with van der Waals surface area (Å²) in [5.74, 6) is 0.386. The lowest BCUT2D eigenvalue weighted by atomic mass is 10.0. The lowest BCUT2D eigenvalue weighted by Gasteiger charge is -2.38. The molecule has 3 aliphatic rings. The molecule has 3 aliphatic heterocycles. The summed E-state index contributed by atoms with van der Waals surface area (Å²) in [4.78, 5) is 29.8. The van der Waals surface area contributed by atoms with E-state index < -0.39 is 0 Å². The van der Waals surface area contributed by atoms with Crippen molar-refractivity contribution in [2.24, 2.45) is 0 Å². The number of halogens is 1.